The van der Waals surface area contributed by atoms with Gasteiger partial charge in [-0.05, 0) is 36.5 Å². The van der Waals surface area contributed by atoms with Crippen LogP contribution in [0.5, 0.6) is 0 Å². The van der Waals surface area contributed by atoms with Gasteiger partial charge in [0, 0.05) is 38.7 Å². The summed E-state index contributed by atoms with van der Waals surface area (Å²) in [6.07, 6.45) is 3.75. The Kier molecular flexibility index (Phi) is 5.55. The van der Waals surface area contributed by atoms with Crippen molar-refractivity contribution < 1.29 is 9.59 Å². The van der Waals surface area contributed by atoms with Gasteiger partial charge in [0.05, 0.1) is 0 Å². The van der Waals surface area contributed by atoms with Crippen molar-refractivity contribution in [1.82, 2.24) is 10.2 Å². The van der Waals surface area contributed by atoms with Crippen molar-refractivity contribution in [3.05, 3.63) is 35.4 Å². The maximum atomic E-state index is 12.3. The summed E-state index contributed by atoms with van der Waals surface area (Å²) >= 11 is 0. The summed E-state index contributed by atoms with van der Waals surface area (Å²) in [6.45, 7) is 0.550. The van der Waals surface area contributed by atoms with Crippen LogP contribution in [-0.2, 0) is 11.3 Å². The van der Waals surface area contributed by atoms with E-state index in [9.17, 15) is 9.59 Å². The van der Waals surface area contributed by atoms with Crippen molar-refractivity contribution >= 4 is 11.8 Å². The molecule has 1 aliphatic carbocycles. The van der Waals surface area contributed by atoms with Gasteiger partial charge in [-0.15, -0.1) is 0 Å². The van der Waals surface area contributed by atoms with Gasteiger partial charge < -0.3 is 16.0 Å². The van der Waals surface area contributed by atoms with Crippen molar-refractivity contribution in [2.24, 2.45) is 11.7 Å². The molecule has 1 saturated carbocycles. The molecule has 0 aromatic heterocycles. The molecule has 1 aliphatic rings. The largest absolute Gasteiger partial charge is 0.355 e. The first-order valence-electron chi connectivity index (χ1n) is 7.82. The lowest BCUT2D eigenvalue weighted by molar-refractivity contribution is -0.131. The molecule has 2 amide bonds. The highest BCUT2D eigenvalue weighted by Gasteiger charge is 2.27. The van der Waals surface area contributed by atoms with Gasteiger partial charge in [-0.3, -0.25) is 9.59 Å². The normalized spacial score (nSPS) is 20.7. The number of hydrogen-bond acceptors (Lipinski definition) is 3. The van der Waals surface area contributed by atoms with E-state index in [1.54, 1.807) is 24.1 Å². The molecule has 22 heavy (non-hydrogen) atoms. The Bertz CT molecular complexity index is 527. The van der Waals surface area contributed by atoms with E-state index in [1.807, 2.05) is 19.2 Å². The molecule has 120 valence electrons. The van der Waals surface area contributed by atoms with Crippen molar-refractivity contribution in [3.8, 4) is 0 Å². The molecule has 2 atom stereocenters. The van der Waals surface area contributed by atoms with Gasteiger partial charge in [-0.1, -0.05) is 18.6 Å². The van der Waals surface area contributed by atoms with Crippen LogP contribution in [0.3, 0.4) is 0 Å². The van der Waals surface area contributed by atoms with Gasteiger partial charge in [0.25, 0.3) is 5.91 Å². The number of nitrogens with two attached hydrogens (primary N) is 1. The van der Waals surface area contributed by atoms with Gasteiger partial charge in [0.2, 0.25) is 5.91 Å². The molecular weight excluding hydrogens is 278 g/mol. The number of amides is 2. The lowest BCUT2D eigenvalue weighted by Gasteiger charge is -2.21. The van der Waals surface area contributed by atoms with Crippen molar-refractivity contribution in [2.75, 3.05) is 14.1 Å². The average molecular weight is 303 g/mol. The fourth-order valence-electron chi connectivity index (χ4n) is 2.97. The Morgan fingerprint density at radius 2 is 1.95 bits per heavy atom. The van der Waals surface area contributed by atoms with Crippen LogP contribution in [0.4, 0.5) is 0 Å². The second kappa shape index (κ2) is 7.40. The molecular formula is C17H25N3O2. The third-order valence-corrected chi connectivity index (χ3v) is 4.44. The minimum atomic E-state index is -0.105. The number of nitrogens with zero attached hydrogens (tertiary/aromatic N) is 1. The van der Waals surface area contributed by atoms with E-state index in [4.69, 9.17) is 5.73 Å². The Balaban J connectivity index is 1.89. The summed E-state index contributed by atoms with van der Waals surface area (Å²) in [5.74, 6) is 0.356. The first kappa shape index (κ1) is 16.5. The summed E-state index contributed by atoms with van der Waals surface area (Å²) in [4.78, 5) is 25.5. The molecule has 0 bridgehead atoms. The molecule has 0 saturated heterocycles. The predicted octanol–water partition coefficient (Wildman–Crippen LogP) is 1.52. The second-order valence-electron chi connectivity index (χ2n) is 6.08. The first-order chi connectivity index (χ1) is 10.5. The number of hydrogen-bond donors (Lipinski definition) is 2. The van der Waals surface area contributed by atoms with Gasteiger partial charge in [-0.25, -0.2) is 0 Å². The van der Waals surface area contributed by atoms with E-state index in [1.165, 1.54) is 0 Å². The molecule has 0 unspecified atom stereocenters. The number of nitrogens with one attached hydrogen (secondary N) is 1. The van der Waals surface area contributed by atoms with Gasteiger partial charge in [-0.2, -0.15) is 0 Å². The Labute approximate surface area is 131 Å². The zero-order valence-electron chi connectivity index (χ0n) is 13.3. The molecule has 5 heteroatoms. The number of carbonyl (C=O) groups is 2. The van der Waals surface area contributed by atoms with Crippen LogP contribution in [0.2, 0.25) is 0 Å². The molecule has 0 spiro atoms. The summed E-state index contributed by atoms with van der Waals surface area (Å²) in [6, 6.07) is 7.49. The third-order valence-electron chi connectivity index (χ3n) is 4.44. The van der Waals surface area contributed by atoms with Crippen LogP contribution in [-0.4, -0.2) is 36.9 Å². The van der Waals surface area contributed by atoms with Crippen molar-refractivity contribution in [3.63, 3.8) is 0 Å². The van der Waals surface area contributed by atoms with E-state index in [-0.39, 0.29) is 17.9 Å². The van der Waals surface area contributed by atoms with Crippen molar-refractivity contribution in [2.45, 2.75) is 38.3 Å². The molecule has 1 aromatic rings. The van der Waals surface area contributed by atoms with E-state index in [2.05, 4.69) is 5.32 Å². The zero-order chi connectivity index (χ0) is 16.1. The average Bonchev–Trinajstić information content (AvgIpc) is 2.92. The lowest BCUT2D eigenvalue weighted by atomic mass is 9.99. The maximum absolute atomic E-state index is 12.3. The topological polar surface area (TPSA) is 75.4 Å². The van der Waals surface area contributed by atoms with E-state index in [0.717, 1.165) is 24.8 Å². The quantitative estimate of drug-likeness (QED) is 0.866. The Morgan fingerprint density at radius 1 is 1.27 bits per heavy atom. The number of rotatable bonds is 5. The first-order valence-corrected chi connectivity index (χ1v) is 7.82. The Morgan fingerprint density at radius 3 is 2.50 bits per heavy atom. The van der Waals surface area contributed by atoms with Crippen LogP contribution in [0.1, 0.15) is 41.6 Å². The third kappa shape index (κ3) is 4.07. The second-order valence-corrected chi connectivity index (χ2v) is 6.08. The van der Waals surface area contributed by atoms with Crippen molar-refractivity contribution in [1.29, 1.82) is 0 Å². The molecule has 0 radical (unpaired) electrons. The minimum absolute atomic E-state index is 0.105. The molecule has 0 heterocycles. The molecule has 2 rings (SSSR count). The Hall–Kier alpha value is -1.88. The molecule has 1 aromatic carbocycles. The van der Waals surface area contributed by atoms with Gasteiger partial charge in [0.1, 0.15) is 0 Å². The fraction of sp³-hybridized carbons (Fsp3) is 0.529. The van der Waals surface area contributed by atoms with Crippen LogP contribution < -0.4 is 11.1 Å². The SMILES string of the molecule is CNC(=O)c1ccc(CN(C)C(=O)C[C@@H]2CCC[C@H]2N)cc1. The highest BCUT2D eigenvalue weighted by Crippen LogP contribution is 2.27. The fourth-order valence-corrected chi connectivity index (χ4v) is 2.97. The highest BCUT2D eigenvalue weighted by atomic mass is 16.2. The zero-order valence-corrected chi connectivity index (χ0v) is 13.3. The smallest absolute Gasteiger partial charge is 0.251 e. The molecule has 3 N–H and O–H groups in total. The van der Waals surface area contributed by atoms with E-state index in [0.29, 0.717) is 24.4 Å². The standard InChI is InChI=1S/C17H25N3O2/c1-19-17(22)13-8-6-12(7-9-13)11-20(2)16(21)10-14-4-3-5-15(14)18/h6-9,14-15H,3-5,10-11,18H2,1-2H3,(H,19,22)/t14-,15+/m0/s1. The van der Waals surface area contributed by atoms with Gasteiger partial charge >= 0.3 is 0 Å². The molecule has 5 nitrogen and oxygen atoms in total. The van der Waals surface area contributed by atoms with Crippen LogP contribution in [0.25, 0.3) is 0 Å². The van der Waals surface area contributed by atoms with E-state index < -0.39 is 0 Å². The summed E-state index contributed by atoms with van der Waals surface area (Å²) < 4.78 is 0. The van der Waals surface area contributed by atoms with E-state index >= 15 is 0 Å². The van der Waals surface area contributed by atoms with Crippen LogP contribution in [0.15, 0.2) is 24.3 Å². The summed E-state index contributed by atoms with van der Waals surface area (Å²) in [7, 11) is 3.42. The minimum Gasteiger partial charge on any atom is -0.355 e. The molecule has 0 aliphatic heterocycles. The van der Waals surface area contributed by atoms with Crippen LogP contribution >= 0.6 is 0 Å². The monoisotopic (exact) mass is 303 g/mol. The maximum Gasteiger partial charge on any atom is 0.251 e. The number of benzene rings is 1. The summed E-state index contributed by atoms with van der Waals surface area (Å²) in [5.41, 5.74) is 7.67. The summed E-state index contributed by atoms with van der Waals surface area (Å²) in [5, 5.41) is 2.59. The van der Waals surface area contributed by atoms with Crippen LogP contribution in [0, 0.1) is 5.92 Å². The van der Waals surface area contributed by atoms with Gasteiger partial charge in [0.15, 0.2) is 0 Å². The predicted molar refractivity (Wildman–Crippen MR) is 86.2 cm³/mol. The molecule has 1 fully saturated rings. The lowest BCUT2D eigenvalue weighted by Crippen LogP contribution is -2.32. The highest BCUT2D eigenvalue weighted by molar-refractivity contribution is 5.93. The number of carbonyl (C=O) groups excluding carboxylic acids is 2.